The van der Waals surface area contributed by atoms with E-state index in [0.717, 1.165) is 10.4 Å². The number of aryl methyl sites for hydroxylation is 2. The Kier molecular flexibility index (Phi) is 12.5. The Labute approximate surface area is 171 Å². The molecule has 0 amide bonds. The topological polar surface area (TPSA) is 175 Å². The second kappa shape index (κ2) is 14.3. The predicted molar refractivity (Wildman–Crippen MR) is 103 cm³/mol. The van der Waals surface area contributed by atoms with Crippen LogP contribution in [-0.2, 0) is 18.9 Å². The minimum absolute atomic E-state index is 0.0718. The maximum Gasteiger partial charge on any atom is 0.518 e. The number of aromatic amines is 3. The highest BCUT2D eigenvalue weighted by Crippen LogP contribution is 1.93. The van der Waals surface area contributed by atoms with Crippen LogP contribution in [0, 0.1) is 13.8 Å². The summed E-state index contributed by atoms with van der Waals surface area (Å²) in [6.45, 7) is 9.00. The summed E-state index contributed by atoms with van der Waals surface area (Å²) < 4.78 is 18.4. The summed E-state index contributed by atoms with van der Waals surface area (Å²) in [7, 11) is 0. The molecule has 2 heterocycles. The second-order valence-electron chi connectivity index (χ2n) is 5.21. The van der Waals surface area contributed by atoms with Gasteiger partial charge < -0.3 is 24.0 Å². The number of aromatic nitrogens is 4. The largest absolute Gasteiger partial charge is 0.518 e. The van der Waals surface area contributed by atoms with E-state index in [-0.39, 0.29) is 24.3 Å². The van der Waals surface area contributed by atoms with Crippen LogP contribution >= 0.6 is 0 Å². The van der Waals surface area contributed by atoms with E-state index in [1.807, 2.05) is 6.92 Å². The lowest BCUT2D eigenvalue weighted by molar-refractivity contribution is 0.0409. The highest BCUT2D eigenvalue weighted by Gasteiger charge is 2.10. The molecule has 0 spiro atoms. The summed E-state index contributed by atoms with van der Waals surface area (Å²) in [5.41, 5.74) is 1.03. The highest BCUT2D eigenvalue weighted by molar-refractivity contribution is 5.76. The molecule has 0 aromatic carbocycles. The van der Waals surface area contributed by atoms with Crippen molar-refractivity contribution in [2.75, 3.05) is 19.8 Å². The first-order chi connectivity index (χ1) is 14.1. The van der Waals surface area contributed by atoms with Crippen LogP contribution in [0.15, 0.2) is 21.7 Å². The van der Waals surface area contributed by atoms with Gasteiger partial charge in [0.25, 0.3) is 11.1 Å². The molecule has 0 saturated heterocycles. The normalized spacial score (nSPS) is 9.23. The number of nitrogens with one attached hydrogen (secondary N) is 3. The molecule has 0 saturated carbocycles. The summed E-state index contributed by atoms with van der Waals surface area (Å²) >= 11 is 0. The number of hydrogen-bond donors (Lipinski definition) is 3. The van der Waals surface area contributed by atoms with E-state index < -0.39 is 18.4 Å². The molecular weight excluding hydrogens is 404 g/mol. The molecular formula is C17H26N4O9. The first-order valence-electron chi connectivity index (χ1n) is 8.85. The van der Waals surface area contributed by atoms with E-state index in [0.29, 0.717) is 12.3 Å². The molecule has 0 bridgehead atoms. The molecule has 13 heteroatoms. The Morgan fingerprint density at radius 1 is 0.833 bits per heavy atom. The summed E-state index contributed by atoms with van der Waals surface area (Å²) in [6, 6.07) is 2.83. The number of carbonyl (C=O) groups is 3. The van der Waals surface area contributed by atoms with Gasteiger partial charge in [0.05, 0.1) is 19.8 Å². The molecule has 0 unspecified atom stereocenters. The number of ether oxygens (including phenoxy) is 4. The Bertz CT molecular complexity index is 891. The minimum Gasteiger partial charge on any atom is -0.448 e. The fraction of sp³-hybridized carbons (Fsp3) is 0.471. The smallest absolute Gasteiger partial charge is 0.448 e. The summed E-state index contributed by atoms with van der Waals surface area (Å²) in [5, 5.41) is 7.33. The van der Waals surface area contributed by atoms with Crippen molar-refractivity contribution in [3.8, 4) is 0 Å². The maximum absolute atomic E-state index is 11.0. The summed E-state index contributed by atoms with van der Waals surface area (Å²) in [4.78, 5) is 52.8. The second-order valence-corrected chi connectivity index (χ2v) is 5.21. The van der Waals surface area contributed by atoms with Crippen LogP contribution in [0.3, 0.4) is 0 Å². The predicted octanol–water partition coefficient (Wildman–Crippen LogP) is 1.82. The van der Waals surface area contributed by atoms with Crippen LogP contribution in [0.5, 0.6) is 0 Å². The van der Waals surface area contributed by atoms with Crippen molar-refractivity contribution >= 4 is 18.4 Å². The first kappa shape index (κ1) is 26.2. The van der Waals surface area contributed by atoms with Crippen LogP contribution in [0.2, 0.25) is 0 Å². The van der Waals surface area contributed by atoms with Crippen LogP contribution < -0.4 is 11.1 Å². The van der Waals surface area contributed by atoms with Gasteiger partial charge in [0.15, 0.2) is 0 Å². The van der Waals surface area contributed by atoms with Crippen LogP contribution in [-0.4, -0.2) is 58.2 Å². The van der Waals surface area contributed by atoms with Gasteiger partial charge in [0, 0.05) is 23.5 Å². The fourth-order valence-corrected chi connectivity index (χ4v) is 1.65. The Hall–Kier alpha value is -3.77. The molecule has 2 rings (SSSR count). The van der Waals surface area contributed by atoms with Crippen molar-refractivity contribution in [1.82, 2.24) is 20.0 Å². The lowest BCUT2D eigenvalue weighted by atomic mass is 10.5. The van der Waals surface area contributed by atoms with Crippen molar-refractivity contribution in [3.05, 3.63) is 44.2 Å². The Morgan fingerprint density at radius 2 is 1.37 bits per heavy atom. The maximum atomic E-state index is 11.0. The van der Waals surface area contributed by atoms with Gasteiger partial charge >= 0.3 is 18.4 Å². The third-order valence-electron chi connectivity index (χ3n) is 2.79. The van der Waals surface area contributed by atoms with Crippen molar-refractivity contribution < 1.29 is 33.3 Å². The summed E-state index contributed by atoms with van der Waals surface area (Å²) in [5.74, 6) is 0. The molecule has 0 fully saturated rings. The van der Waals surface area contributed by atoms with Crippen LogP contribution in [0.1, 0.15) is 32.2 Å². The zero-order valence-corrected chi connectivity index (χ0v) is 17.4. The SMILES string of the molecule is CCOC(=O)OC(=O)OCC.CCOC(=O)n1[nH]c(=O)cc1C.Cc1cc(=O)[nH][nH]1. The molecule has 0 aliphatic rings. The van der Waals surface area contributed by atoms with Gasteiger partial charge in [0.1, 0.15) is 0 Å². The van der Waals surface area contributed by atoms with E-state index in [1.165, 1.54) is 12.1 Å². The highest BCUT2D eigenvalue weighted by atomic mass is 16.8. The monoisotopic (exact) mass is 430 g/mol. The number of nitrogens with zero attached hydrogens (tertiary/aromatic N) is 1. The molecule has 30 heavy (non-hydrogen) atoms. The zero-order valence-electron chi connectivity index (χ0n) is 17.4. The van der Waals surface area contributed by atoms with Gasteiger partial charge in [-0.3, -0.25) is 19.8 Å². The molecule has 0 aliphatic heterocycles. The van der Waals surface area contributed by atoms with Gasteiger partial charge in [-0.2, -0.15) is 4.68 Å². The van der Waals surface area contributed by atoms with Crippen molar-refractivity contribution in [3.63, 3.8) is 0 Å². The first-order valence-corrected chi connectivity index (χ1v) is 8.85. The molecule has 0 radical (unpaired) electrons. The van der Waals surface area contributed by atoms with Crippen LogP contribution in [0.25, 0.3) is 0 Å². The fourth-order valence-electron chi connectivity index (χ4n) is 1.65. The number of H-pyrrole nitrogens is 3. The van der Waals surface area contributed by atoms with Gasteiger partial charge in [0.2, 0.25) is 0 Å². The summed E-state index contributed by atoms with van der Waals surface area (Å²) in [6.07, 6.45) is -2.63. The van der Waals surface area contributed by atoms with Gasteiger partial charge in [-0.25, -0.2) is 14.4 Å². The lowest BCUT2D eigenvalue weighted by Gasteiger charge is -2.02. The van der Waals surface area contributed by atoms with E-state index in [2.05, 4.69) is 34.2 Å². The molecule has 3 N–H and O–H groups in total. The minimum atomic E-state index is -1.04. The van der Waals surface area contributed by atoms with Gasteiger partial charge in [-0.15, -0.1) is 0 Å². The van der Waals surface area contributed by atoms with Gasteiger partial charge in [-0.1, -0.05) is 0 Å². The molecule has 2 aromatic heterocycles. The molecule has 0 atom stereocenters. The quantitative estimate of drug-likeness (QED) is 0.372. The molecule has 0 aliphatic carbocycles. The number of carbonyl (C=O) groups excluding carboxylic acids is 3. The molecule has 2 aromatic rings. The zero-order chi connectivity index (χ0) is 23.1. The lowest BCUT2D eigenvalue weighted by Crippen LogP contribution is -2.18. The average molecular weight is 430 g/mol. The number of hydrogen-bond acceptors (Lipinski definition) is 9. The van der Waals surface area contributed by atoms with E-state index >= 15 is 0 Å². The van der Waals surface area contributed by atoms with Crippen molar-refractivity contribution in [2.24, 2.45) is 0 Å². The Balaban J connectivity index is 0.000000434. The molecule has 13 nitrogen and oxygen atoms in total. The molecule has 168 valence electrons. The van der Waals surface area contributed by atoms with E-state index in [9.17, 15) is 24.0 Å². The number of rotatable bonds is 3. The van der Waals surface area contributed by atoms with E-state index in [1.54, 1.807) is 27.7 Å². The average Bonchev–Trinajstić information content (AvgIpc) is 3.20. The van der Waals surface area contributed by atoms with E-state index in [4.69, 9.17) is 0 Å². The standard InChI is InChI=1S/C7H10N2O3.C6H10O5.C4H6N2O/c1-3-12-7(11)9-5(2)4-6(10)8-9;1-3-9-5(7)11-6(8)10-4-2;1-3-2-4(7)6-5-3/h4H,3H2,1-2H3,(H,8,10);3-4H2,1-2H3;2H,1H3,(H2,5,6,7). The van der Waals surface area contributed by atoms with Crippen molar-refractivity contribution in [2.45, 2.75) is 34.6 Å². The van der Waals surface area contributed by atoms with Crippen LogP contribution in [0.4, 0.5) is 14.4 Å². The Morgan fingerprint density at radius 3 is 1.67 bits per heavy atom. The third kappa shape index (κ3) is 11.2. The van der Waals surface area contributed by atoms with Crippen molar-refractivity contribution in [1.29, 1.82) is 0 Å². The van der Waals surface area contributed by atoms with Gasteiger partial charge in [-0.05, 0) is 34.6 Å². The third-order valence-corrected chi connectivity index (χ3v) is 2.79.